The van der Waals surface area contributed by atoms with Crippen molar-refractivity contribution in [2.45, 2.75) is 45.4 Å². The van der Waals surface area contributed by atoms with Gasteiger partial charge in [-0.25, -0.2) is 0 Å². The summed E-state index contributed by atoms with van der Waals surface area (Å²) >= 11 is 0. The van der Waals surface area contributed by atoms with Crippen molar-refractivity contribution in [2.24, 2.45) is 0 Å². The molecule has 0 bridgehead atoms. The second kappa shape index (κ2) is 9.05. The lowest BCUT2D eigenvalue weighted by Crippen LogP contribution is -2.14. The first-order valence-electron chi connectivity index (χ1n) is 16.2. The van der Waals surface area contributed by atoms with Crippen LogP contribution < -0.4 is 0 Å². The number of hydrogen-bond donors (Lipinski definition) is 0. The summed E-state index contributed by atoms with van der Waals surface area (Å²) in [6.45, 7) is 11.6. The van der Waals surface area contributed by atoms with Crippen molar-refractivity contribution >= 4 is 21.5 Å². The fourth-order valence-corrected chi connectivity index (χ4v) is 8.67. The third-order valence-electron chi connectivity index (χ3n) is 10.9. The highest BCUT2D eigenvalue weighted by molar-refractivity contribution is 6.22. The topological polar surface area (TPSA) is 0 Å². The van der Waals surface area contributed by atoms with Gasteiger partial charge in [0.05, 0.1) is 0 Å². The molecule has 9 rings (SSSR count). The number of hydrogen-bond acceptors (Lipinski definition) is 0. The van der Waals surface area contributed by atoms with E-state index in [1.54, 1.807) is 0 Å². The minimum Gasteiger partial charge on any atom is -0.0619 e. The highest BCUT2D eigenvalue weighted by atomic mass is 14.4. The Kier molecular flexibility index (Phi) is 5.32. The van der Waals surface area contributed by atoms with Gasteiger partial charge in [-0.3, -0.25) is 0 Å². The minimum absolute atomic E-state index is 0.00366. The van der Waals surface area contributed by atoms with Crippen LogP contribution in [0.25, 0.3) is 66.1 Å². The van der Waals surface area contributed by atoms with Crippen LogP contribution in [0, 0.1) is 6.92 Å². The predicted molar refractivity (Wildman–Crippen MR) is 192 cm³/mol. The van der Waals surface area contributed by atoms with Crippen molar-refractivity contribution in [1.29, 1.82) is 0 Å². The fraction of sp³-hybridized carbons (Fsp3) is 0.156. The van der Waals surface area contributed by atoms with Crippen molar-refractivity contribution < 1.29 is 0 Å². The normalized spacial score (nSPS) is 15.1. The van der Waals surface area contributed by atoms with Gasteiger partial charge in [-0.1, -0.05) is 149 Å². The Balaban J connectivity index is 1.34. The van der Waals surface area contributed by atoms with E-state index in [4.69, 9.17) is 0 Å². The van der Waals surface area contributed by atoms with E-state index in [2.05, 4.69) is 162 Å². The van der Waals surface area contributed by atoms with E-state index in [9.17, 15) is 0 Å². The van der Waals surface area contributed by atoms with Gasteiger partial charge in [0.15, 0.2) is 0 Å². The zero-order chi connectivity index (χ0) is 30.7. The van der Waals surface area contributed by atoms with E-state index in [1.807, 2.05) is 0 Å². The molecule has 2 aliphatic carbocycles. The first-order valence-corrected chi connectivity index (χ1v) is 16.2. The van der Waals surface area contributed by atoms with E-state index in [1.165, 1.54) is 93.9 Å². The van der Waals surface area contributed by atoms with E-state index in [0.29, 0.717) is 0 Å². The monoisotopic (exact) mass is 576 g/mol. The molecule has 0 nitrogen and oxygen atoms in total. The molecule has 0 heteroatoms. The van der Waals surface area contributed by atoms with Gasteiger partial charge in [0.1, 0.15) is 0 Å². The lowest BCUT2D eigenvalue weighted by atomic mass is 9.80. The lowest BCUT2D eigenvalue weighted by molar-refractivity contribution is 0.660. The molecule has 2 aliphatic rings. The SMILES string of the molecule is Cc1ccc2c(-c3ccc4c(c3)-c3ccccc3C4(C)C)c3ccccc3c(-c3ccc4c(c3)-c3ccccc3C4(C)C)c2c1. The molecule has 0 saturated heterocycles. The number of benzene rings is 7. The number of fused-ring (bicyclic) bond motifs is 8. The minimum atomic E-state index is -0.00418. The molecule has 0 aliphatic heterocycles. The Hall–Kier alpha value is -4.94. The van der Waals surface area contributed by atoms with Crippen LogP contribution in [0.5, 0.6) is 0 Å². The smallest absolute Gasteiger partial charge is 0.0158 e. The van der Waals surface area contributed by atoms with Crippen molar-refractivity contribution in [3.05, 3.63) is 155 Å². The van der Waals surface area contributed by atoms with Gasteiger partial charge in [-0.2, -0.15) is 0 Å². The van der Waals surface area contributed by atoms with E-state index in [0.717, 1.165) is 0 Å². The molecule has 0 heterocycles. The summed E-state index contributed by atoms with van der Waals surface area (Å²) in [5.74, 6) is 0. The van der Waals surface area contributed by atoms with Crippen LogP contribution in [-0.2, 0) is 10.8 Å². The van der Waals surface area contributed by atoms with Crippen LogP contribution in [0.2, 0.25) is 0 Å². The van der Waals surface area contributed by atoms with E-state index < -0.39 is 0 Å². The molecule has 45 heavy (non-hydrogen) atoms. The maximum Gasteiger partial charge on any atom is 0.0158 e. The molecule has 0 atom stereocenters. The summed E-state index contributed by atoms with van der Waals surface area (Å²) in [6.07, 6.45) is 0. The Morgan fingerprint density at radius 3 is 1.31 bits per heavy atom. The Labute approximate surface area is 266 Å². The average molecular weight is 577 g/mol. The molecule has 0 aromatic heterocycles. The highest BCUT2D eigenvalue weighted by Crippen LogP contribution is 2.53. The van der Waals surface area contributed by atoms with Gasteiger partial charge in [0.2, 0.25) is 0 Å². The van der Waals surface area contributed by atoms with Crippen LogP contribution in [0.4, 0.5) is 0 Å². The van der Waals surface area contributed by atoms with Crippen molar-refractivity contribution in [2.75, 3.05) is 0 Å². The number of aryl methyl sites for hydroxylation is 1. The van der Waals surface area contributed by atoms with Crippen LogP contribution in [0.3, 0.4) is 0 Å². The first-order chi connectivity index (χ1) is 21.7. The maximum atomic E-state index is 2.46. The third kappa shape index (κ3) is 3.54. The summed E-state index contributed by atoms with van der Waals surface area (Å²) in [5, 5.41) is 5.23. The summed E-state index contributed by atoms with van der Waals surface area (Å²) in [4.78, 5) is 0. The molecule has 0 amide bonds. The second-order valence-electron chi connectivity index (χ2n) is 14.2. The van der Waals surface area contributed by atoms with E-state index in [-0.39, 0.29) is 10.8 Å². The van der Waals surface area contributed by atoms with Gasteiger partial charge in [0, 0.05) is 10.8 Å². The van der Waals surface area contributed by atoms with Crippen LogP contribution >= 0.6 is 0 Å². The molecule has 0 saturated carbocycles. The van der Waals surface area contributed by atoms with Gasteiger partial charge < -0.3 is 0 Å². The molecule has 216 valence electrons. The summed E-state index contributed by atoms with van der Waals surface area (Å²) < 4.78 is 0. The summed E-state index contributed by atoms with van der Waals surface area (Å²) in [5.41, 5.74) is 17.6. The molecule has 7 aromatic carbocycles. The summed E-state index contributed by atoms with van der Waals surface area (Å²) in [6, 6.07) is 48.4. The zero-order valence-electron chi connectivity index (χ0n) is 26.6. The summed E-state index contributed by atoms with van der Waals surface area (Å²) in [7, 11) is 0. The third-order valence-corrected chi connectivity index (χ3v) is 10.9. The van der Waals surface area contributed by atoms with Crippen molar-refractivity contribution in [1.82, 2.24) is 0 Å². The molecule has 7 aromatic rings. The molecule has 0 unspecified atom stereocenters. The van der Waals surface area contributed by atoms with Crippen molar-refractivity contribution in [3.63, 3.8) is 0 Å². The van der Waals surface area contributed by atoms with Crippen molar-refractivity contribution in [3.8, 4) is 44.5 Å². The lowest BCUT2D eigenvalue weighted by Gasteiger charge is -2.23. The van der Waals surface area contributed by atoms with Crippen LogP contribution in [-0.4, -0.2) is 0 Å². The van der Waals surface area contributed by atoms with Crippen LogP contribution in [0.15, 0.2) is 127 Å². The van der Waals surface area contributed by atoms with Gasteiger partial charge in [0.25, 0.3) is 0 Å². The molecule has 0 spiro atoms. The van der Waals surface area contributed by atoms with Crippen LogP contribution in [0.1, 0.15) is 55.5 Å². The Bertz CT molecular complexity index is 2380. The molecule has 0 fully saturated rings. The Morgan fingerprint density at radius 1 is 0.356 bits per heavy atom. The predicted octanol–water partition coefficient (Wildman–Crippen LogP) is 12.2. The largest absolute Gasteiger partial charge is 0.0619 e. The Morgan fingerprint density at radius 2 is 0.778 bits per heavy atom. The van der Waals surface area contributed by atoms with Gasteiger partial charge >= 0.3 is 0 Å². The van der Waals surface area contributed by atoms with Gasteiger partial charge in [-0.05, 0) is 107 Å². The second-order valence-corrected chi connectivity index (χ2v) is 14.2. The average Bonchev–Trinajstić information content (AvgIpc) is 3.42. The molecule has 0 radical (unpaired) electrons. The van der Waals surface area contributed by atoms with E-state index >= 15 is 0 Å². The standard InChI is InChI=1S/C45H36/c1-27-18-21-34-37(24-27)43(29-20-23-41-36(26-29)31-13-9-11-17-39(31)45(41,4)5)33-15-7-6-14-32(33)42(34)28-19-22-40-35(25-28)30-12-8-10-16-38(30)44(40,2)3/h6-26H,1-5H3. The molecular weight excluding hydrogens is 540 g/mol. The molecular formula is C45H36. The fourth-order valence-electron chi connectivity index (χ4n) is 8.67. The maximum absolute atomic E-state index is 2.46. The number of rotatable bonds is 2. The zero-order valence-corrected chi connectivity index (χ0v) is 26.6. The molecule has 0 N–H and O–H groups in total. The highest BCUT2D eigenvalue weighted by Gasteiger charge is 2.36. The first kappa shape index (κ1) is 26.5. The van der Waals surface area contributed by atoms with Gasteiger partial charge in [-0.15, -0.1) is 0 Å². The quantitative estimate of drug-likeness (QED) is 0.180.